The van der Waals surface area contributed by atoms with Gasteiger partial charge in [-0.2, -0.15) is 0 Å². The Bertz CT molecular complexity index is 939. The van der Waals surface area contributed by atoms with Crippen LogP contribution in [0, 0.1) is 0 Å². The highest BCUT2D eigenvalue weighted by Crippen LogP contribution is 2.38. The van der Waals surface area contributed by atoms with Gasteiger partial charge < -0.3 is 24.8 Å². The van der Waals surface area contributed by atoms with Gasteiger partial charge in [0.15, 0.2) is 11.5 Å². The van der Waals surface area contributed by atoms with E-state index in [-0.39, 0.29) is 17.6 Å². The van der Waals surface area contributed by atoms with Gasteiger partial charge in [-0.3, -0.25) is 4.90 Å². The number of urea groups is 1. The zero-order chi connectivity index (χ0) is 23.3. The average Bonchev–Trinajstić information content (AvgIpc) is 2.76. The molecule has 1 unspecified atom stereocenters. The van der Waals surface area contributed by atoms with E-state index < -0.39 is 0 Å². The molecule has 0 fully saturated rings. The number of ether oxygens (including phenoxy) is 3. The average molecular weight is 442 g/mol. The van der Waals surface area contributed by atoms with Crippen LogP contribution >= 0.6 is 0 Å². The van der Waals surface area contributed by atoms with Gasteiger partial charge in [0.2, 0.25) is 0 Å². The Labute approximate surface area is 191 Å². The van der Waals surface area contributed by atoms with Crippen LogP contribution in [0.15, 0.2) is 36.4 Å². The lowest BCUT2D eigenvalue weighted by Crippen LogP contribution is -2.49. The second-order valence-corrected chi connectivity index (χ2v) is 9.08. The van der Waals surface area contributed by atoms with Crippen molar-refractivity contribution in [3.05, 3.63) is 53.1 Å². The number of carbonyl (C=O) groups is 1. The Morgan fingerprint density at radius 2 is 1.78 bits per heavy atom. The van der Waals surface area contributed by atoms with Crippen LogP contribution in [0.3, 0.4) is 0 Å². The van der Waals surface area contributed by atoms with Gasteiger partial charge in [0, 0.05) is 25.2 Å². The van der Waals surface area contributed by atoms with E-state index in [0.29, 0.717) is 12.3 Å². The highest BCUT2D eigenvalue weighted by Gasteiger charge is 2.30. The van der Waals surface area contributed by atoms with Gasteiger partial charge in [-0.05, 0) is 68.1 Å². The van der Waals surface area contributed by atoms with Crippen LogP contribution in [-0.4, -0.2) is 50.9 Å². The lowest BCUT2D eigenvalue weighted by Gasteiger charge is -2.38. The quantitative estimate of drug-likeness (QED) is 0.682. The Kier molecular flexibility index (Phi) is 7.51. The molecular weight excluding hydrogens is 406 g/mol. The number of amides is 2. The molecule has 2 aromatic carbocycles. The van der Waals surface area contributed by atoms with E-state index in [9.17, 15) is 4.79 Å². The van der Waals surface area contributed by atoms with Crippen molar-refractivity contribution in [1.29, 1.82) is 0 Å². The summed E-state index contributed by atoms with van der Waals surface area (Å²) in [5, 5.41) is 6.04. The van der Waals surface area contributed by atoms with E-state index in [4.69, 9.17) is 14.2 Å². The molecule has 0 spiro atoms. The number of hydrogen-bond acceptors (Lipinski definition) is 5. The number of methoxy groups -OCH3 is 3. The molecule has 0 aromatic heterocycles. The van der Waals surface area contributed by atoms with Crippen molar-refractivity contribution in [2.75, 3.05) is 34.4 Å². The van der Waals surface area contributed by atoms with Gasteiger partial charge in [0.25, 0.3) is 0 Å². The second kappa shape index (κ2) is 10.1. The molecule has 0 bridgehead atoms. The summed E-state index contributed by atoms with van der Waals surface area (Å²) in [5.41, 5.74) is 3.23. The lowest BCUT2D eigenvalue weighted by atomic mass is 9.91. The Hall–Kier alpha value is -2.93. The second-order valence-electron chi connectivity index (χ2n) is 9.08. The molecule has 32 heavy (non-hydrogen) atoms. The molecule has 0 saturated carbocycles. The number of nitrogens with zero attached hydrogens (tertiary/aromatic N) is 1. The topological polar surface area (TPSA) is 72.1 Å². The maximum Gasteiger partial charge on any atom is 0.315 e. The van der Waals surface area contributed by atoms with Crippen molar-refractivity contribution in [1.82, 2.24) is 15.5 Å². The number of nitrogens with one attached hydrogen (secondary N) is 2. The molecule has 0 radical (unpaired) electrons. The van der Waals surface area contributed by atoms with E-state index in [0.717, 1.165) is 42.1 Å². The third kappa shape index (κ3) is 5.85. The van der Waals surface area contributed by atoms with E-state index >= 15 is 0 Å². The van der Waals surface area contributed by atoms with E-state index in [2.05, 4.69) is 33.7 Å². The number of benzene rings is 2. The third-order valence-electron chi connectivity index (χ3n) is 5.58. The number of hydrogen-bond donors (Lipinski definition) is 2. The summed E-state index contributed by atoms with van der Waals surface area (Å²) in [4.78, 5) is 14.9. The van der Waals surface area contributed by atoms with Crippen LogP contribution in [0.5, 0.6) is 17.2 Å². The van der Waals surface area contributed by atoms with Crippen LogP contribution < -0.4 is 24.8 Å². The van der Waals surface area contributed by atoms with Crippen LogP contribution in [-0.2, 0) is 13.0 Å². The predicted molar refractivity (Wildman–Crippen MR) is 126 cm³/mol. The SMILES string of the molecule is COc1cccc(CN2CCc3cc(OC)c(OC)cc3C2CNC(=O)NC(C)(C)C)c1. The van der Waals surface area contributed by atoms with Crippen molar-refractivity contribution in [3.8, 4) is 17.2 Å². The van der Waals surface area contributed by atoms with E-state index in [1.807, 2.05) is 39.0 Å². The summed E-state index contributed by atoms with van der Waals surface area (Å²) in [6, 6.07) is 12.0. The Morgan fingerprint density at radius 1 is 1.06 bits per heavy atom. The van der Waals surface area contributed by atoms with E-state index in [1.165, 1.54) is 5.56 Å². The maximum absolute atomic E-state index is 12.5. The molecule has 1 aliphatic heterocycles. The highest BCUT2D eigenvalue weighted by atomic mass is 16.5. The molecule has 1 heterocycles. The summed E-state index contributed by atoms with van der Waals surface area (Å²) >= 11 is 0. The maximum atomic E-state index is 12.5. The monoisotopic (exact) mass is 441 g/mol. The first-order valence-electron chi connectivity index (χ1n) is 10.9. The molecule has 0 saturated heterocycles. The van der Waals surface area contributed by atoms with Gasteiger partial charge in [0.05, 0.1) is 27.4 Å². The van der Waals surface area contributed by atoms with Crippen LogP contribution in [0.1, 0.15) is 43.5 Å². The minimum absolute atomic E-state index is 0.00419. The summed E-state index contributed by atoms with van der Waals surface area (Å²) < 4.78 is 16.5. The first-order chi connectivity index (χ1) is 15.2. The molecule has 2 aromatic rings. The van der Waals surface area contributed by atoms with Gasteiger partial charge in [0.1, 0.15) is 5.75 Å². The fourth-order valence-corrected chi connectivity index (χ4v) is 4.09. The number of rotatable bonds is 7. The van der Waals surface area contributed by atoms with Gasteiger partial charge >= 0.3 is 6.03 Å². The minimum atomic E-state index is -0.300. The smallest absolute Gasteiger partial charge is 0.315 e. The zero-order valence-electron chi connectivity index (χ0n) is 20.0. The Morgan fingerprint density at radius 3 is 2.44 bits per heavy atom. The fraction of sp³-hybridized carbons (Fsp3) is 0.480. The largest absolute Gasteiger partial charge is 0.497 e. The molecule has 2 N–H and O–H groups in total. The van der Waals surface area contributed by atoms with Crippen LogP contribution in [0.4, 0.5) is 4.79 Å². The van der Waals surface area contributed by atoms with Gasteiger partial charge in [-0.25, -0.2) is 4.79 Å². The molecule has 0 aliphatic carbocycles. The Balaban J connectivity index is 1.89. The van der Waals surface area contributed by atoms with Crippen molar-refractivity contribution in [2.24, 2.45) is 0 Å². The fourth-order valence-electron chi connectivity index (χ4n) is 4.09. The number of carbonyl (C=O) groups excluding carboxylic acids is 1. The van der Waals surface area contributed by atoms with Crippen molar-refractivity contribution >= 4 is 6.03 Å². The molecular formula is C25H35N3O4. The lowest BCUT2D eigenvalue weighted by molar-refractivity contribution is 0.169. The molecule has 2 amide bonds. The highest BCUT2D eigenvalue weighted by molar-refractivity contribution is 5.74. The molecule has 1 atom stereocenters. The van der Waals surface area contributed by atoms with Crippen molar-refractivity contribution in [3.63, 3.8) is 0 Å². The normalized spacial score (nSPS) is 16.1. The molecule has 7 heteroatoms. The molecule has 3 rings (SSSR count). The third-order valence-corrected chi connectivity index (χ3v) is 5.58. The summed E-state index contributed by atoms with van der Waals surface area (Å²) in [5.74, 6) is 2.26. The van der Waals surface area contributed by atoms with Crippen molar-refractivity contribution in [2.45, 2.75) is 45.3 Å². The van der Waals surface area contributed by atoms with Crippen LogP contribution in [0.25, 0.3) is 0 Å². The molecule has 7 nitrogen and oxygen atoms in total. The number of fused-ring (bicyclic) bond motifs is 1. The zero-order valence-corrected chi connectivity index (χ0v) is 20.0. The standard InChI is InChI=1S/C25H35N3O4/c1-25(2,3)27-24(29)26-15-21-20-14-23(32-6)22(31-5)13-18(20)10-11-28(21)16-17-8-7-9-19(12-17)30-4/h7-9,12-14,21H,10-11,15-16H2,1-6H3,(H2,26,27,29). The first kappa shape index (κ1) is 23.7. The van der Waals surface area contributed by atoms with E-state index in [1.54, 1.807) is 21.3 Å². The van der Waals surface area contributed by atoms with Gasteiger partial charge in [-0.15, -0.1) is 0 Å². The first-order valence-corrected chi connectivity index (χ1v) is 10.9. The minimum Gasteiger partial charge on any atom is -0.497 e. The predicted octanol–water partition coefficient (Wildman–Crippen LogP) is 3.91. The van der Waals surface area contributed by atoms with Crippen molar-refractivity contribution < 1.29 is 19.0 Å². The summed E-state index contributed by atoms with van der Waals surface area (Å²) in [6.45, 7) is 8.00. The molecule has 174 valence electrons. The summed E-state index contributed by atoms with van der Waals surface area (Å²) in [7, 11) is 4.97. The molecule has 1 aliphatic rings. The van der Waals surface area contributed by atoms with Crippen LogP contribution in [0.2, 0.25) is 0 Å². The van der Waals surface area contributed by atoms with Gasteiger partial charge in [-0.1, -0.05) is 12.1 Å². The summed E-state index contributed by atoms with van der Waals surface area (Å²) in [6.07, 6.45) is 0.893.